The van der Waals surface area contributed by atoms with E-state index in [1.54, 1.807) is 18.2 Å². The second-order valence-electron chi connectivity index (χ2n) is 6.31. The van der Waals surface area contributed by atoms with Crippen LogP contribution in [0.5, 0.6) is 5.75 Å². The van der Waals surface area contributed by atoms with Crippen molar-refractivity contribution in [2.24, 2.45) is 0 Å². The van der Waals surface area contributed by atoms with E-state index in [1.165, 1.54) is 18.3 Å². The van der Waals surface area contributed by atoms with Crippen molar-refractivity contribution >= 4 is 16.9 Å². The Balaban J connectivity index is 1.81. The summed E-state index contributed by atoms with van der Waals surface area (Å²) < 4.78 is 18.1. The van der Waals surface area contributed by atoms with Gasteiger partial charge < -0.3 is 25.3 Å². The fraction of sp³-hybridized carbons (Fsp3) is 0.250. The summed E-state index contributed by atoms with van der Waals surface area (Å²) in [5.41, 5.74) is 0.808. The zero-order valence-electron chi connectivity index (χ0n) is 15.4. The van der Waals surface area contributed by atoms with Crippen LogP contribution in [0.2, 0.25) is 0 Å². The molecule has 2 aromatic heterocycles. The number of nitrogens with one attached hydrogen (secondary N) is 2. The van der Waals surface area contributed by atoms with Crippen LogP contribution in [0.15, 0.2) is 41.3 Å². The molecule has 2 heterocycles. The number of pyridine rings is 2. The Bertz CT molecular complexity index is 1070. The second-order valence-corrected chi connectivity index (χ2v) is 6.31. The maximum Gasteiger partial charge on any atom is 0.265 e. The number of ether oxygens (including phenoxy) is 1. The number of benzene rings is 1. The highest BCUT2D eigenvalue weighted by atomic mass is 19.1. The molecule has 3 aromatic rings. The Morgan fingerprint density at radius 1 is 1.21 bits per heavy atom. The molecule has 8 nitrogen and oxygen atoms in total. The predicted octanol–water partition coefficient (Wildman–Crippen LogP) is 1.10. The monoisotopic (exact) mass is 401 g/mol. The highest BCUT2D eigenvalue weighted by Crippen LogP contribution is 2.24. The molecule has 0 unspecified atom stereocenters. The van der Waals surface area contributed by atoms with Crippen LogP contribution in [-0.4, -0.2) is 52.5 Å². The van der Waals surface area contributed by atoms with Crippen molar-refractivity contribution in [3.8, 4) is 5.75 Å². The molecular weight excluding hydrogens is 381 g/mol. The van der Waals surface area contributed by atoms with Crippen molar-refractivity contribution in [3.63, 3.8) is 0 Å². The molecular formula is C20H20FN3O5. The number of aromatic hydroxyl groups is 1. The minimum absolute atomic E-state index is 0.0918. The molecule has 0 radical (unpaired) electrons. The van der Waals surface area contributed by atoms with Crippen molar-refractivity contribution in [1.29, 1.82) is 0 Å². The molecule has 0 aliphatic rings. The van der Waals surface area contributed by atoms with Gasteiger partial charge in [0.15, 0.2) is 5.75 Å². The van der Waals surface area contributed by atoms with E-state index < -0.39 is 22.8 Å². The Kier molecular flexibility index (Phi) is 6.53. The van der Waals surface area contributed by atoms with E-state index in [1.807, 2.05) is 0 Å². The summed E-state index contributed by atoms with van der Waals surface area (Å²) in [5.74, 6) is -1.59. The van der Waals surface area contributed by atoms with Crippen molar-refractivity contribution in [3.05, 3.63) is 69.4 Å². The number of fused-ring (bicyclic) bond motifs is 1. The average Bonchev–Trinajstić information content (AvgIpc) is 2.69. The molecule has 0 atom stereocenters. The zero-order chi connectivity index (χ0) is 20.8. The molecule has 0 saturated carbocycles. The van der Waals surface area contributed by atoms with Gasteiger partial charge in [0.1, 0.15) is 16.9 Å². The molecule has 152 valence electrons. The second kappa shape index (κ2) is 9.26. The highest BCUT2D eigenvalue weighted by molar-refractivity contribution is 6.01. The highest BCUT2D eigenvalue weighted by Gasteiger charge is 2.20. The number of aliphatic hydroxyl groups is 1. The van der Waals surface area contributed by atoms with Crippen molar-refractivity contribution in [1.82, 2.24) is 15.3 Å². The van der Waals surface area contributed by atoms with E-state index in [2.05, 4.69) is 15.3 Å². The largest absolute Gasteiger partial charge is 0.505 e. The fourth-order valence-electron chi connectivity index (χ4n) is 2.84. The van der Waals surface area contributed by atoms with E-state index in [0.29, 0.717) is 6.42 Å². The Morgan fingerprint density at radius 3 is 2.69 bits per heavy atom. The average molecular weight is 401 g/mol. The molecule has 0 bridgehead atoms. The SMILES string of the molecule is O=C(NCCOCCO)c1c(O)c2ncc(Cc3ccc(F)cc3)cc2[nH]c1=O. The molecule has 0 aliphatic heterocycles. The summed E-state index contributed by atoms with van der Waals surface area (Å²) in [6.07, 6.45) is 1.98. The molecule has 1 aromatic carbocycles. The normalized spacial score (nSPS) is 11.0. The van der Waals surface area contributed by atoms with E-state index in [0.717, 1.165) is 11.1 Å². The van der Waals surface area contributed by atoms with Crippen molar-refractivity contribution < 1.29 is 24.1 Å². The Hall–Kier alpha value is -3.30. The summed E-state index contributed by atoms with van der Waals surface area (Å²) in [5, 5.41) is 21.5. The molecule has 29 heavy (non-hydrogen) atoms. The molecule has 3 rings (SSSR count). The summed E-state index contributed by atoms with van der Waals surface area (Å²) >= 11 is 0. The third kappa shape index (κ3) is 4.95. The van der Waals surface area contributed by atoms with Gasteiger partial charge in [-0.1, -0.05) is 12.1 Å². The van der Waals surface area contributed by atoms with Crippen LogP contribution < -0.4 is 10.9 Å². The summed E-state index contributed by atoms with van der Waals surface area (Å²) in [6, 6.07) is 7.67. The van der Waals surface area contributed by atoms with Gasteiger partial charge in [-0.2, -0.15) is 0 Å². The van der Waals surface area contributed by atoms with Gasteiger partial charge >= 0.3 is 0 Å². The van der Waals surface area contributed by atoms with Gasteiger partial charge in [-0.05, 0) is 35.7 Å². The van der Waals surface area contributed by atoms with Crippen LogP contribution in [-0.2, 0) is 11.2 Å². The van der Waals surface area contributed by atoms with Crippen LogP contribution in [0, 0.1) is 5.82 Å². The number of nitrogens with zero attached hydrogens (tertiary/aromatic N) is 1. The topological polar surface area (TPSA) is 125 Å². The lowest BCUT2D eigenvalue weighted by atomic mass is 10.1. The van der Waals surface area contributed by atoms with Crippen LogP contribution in [0.1, 0.15) is 21.5 Å². The first-order valence-corrected chi connectivity index (χ1v) is 8.94. The number of hydrogen-bond donors (Lipinski definition) is 4. The number of halogens is 1. The maximum atomic E-state index is 13.0. The number of amides is 1. The first-order chi connectivity index (χ1) is 14.0. The number of aromatic nitrogens is 2. The van der Waals surface area contributed by atoms with E-state index >= 15 is 0 Å². The van der Waals surface area contributed by atoms with Crippen molar-refractivity contribution in [2.75, 3.05) is 26.4 Å². The molecule has 0 saturated heterocycles. The fourth-order valence-corrected chi connectivity index (χ4v) is 2.84. The predicted molar refractivity (Wildman–Crippen MR) is 103 cm³/mol. The van der Waals surface area contributed by atoms with Crippen LogP contribution >= 0.6 is 0 Å². The number of carbonyl (C=O) groups is 1. The van der Waals surface area contributed by atoms with Gasteiger partial charge in [0.2, 0.25) is 0 Å². The lowest BCUT2D eigenvalue weighted by molar-refractivity contribution is 0.0836. The van der Waals surface area contributed by atoms with Gasteiger partial charge in [-0.25, -0.2) is 4.39 Å². The van der Waals surface area contributed by atoms with Gasteiger partial charge in [-0.15, -0.1) is 0 Å². The number of aliphatic hydroxyl groups excluding tert-OH is 1. The Labute approximate surface area is 165 Å². The first-order valence-electron chi connectivity index (χ1n) is 8.94. The van der Waals surface area contributed by atoms with Crippen LogP contribution in [0.25, 0.3) is 11.0 Å². The third-order valence-corrected chi connectivity index (χ3v) is 4.20. The lowest BCUT2D eigenvalue weighted by Gasteiger charge is -2.09. The number of H-pyrrole nitrogens is 1. The Morgan fingerprint density at radius 2 is 1.97 bits per heavy atom. The number of carbonyl (C=O) groups excluding carboxylic acids is 1. The summed E-state index contributed by atoms with van der Waals surface area (Å²) in [6.45, 7) is 0.277. The number of aromatic amines is 1. The smallest absolute Gasteiger partial charge is 0.265 e. The lowest BCUT2D eigenvalue weighted by Crippen LogP contribution is -2.32. The first kappa shape index (κ1) is 20.4. The van der Waals surface area contributed by atoms with Gasteiger partial charge in [0, 0.05) is 12.7 Å². The maximum absolute atomic E-state index is 13.0. The minimum atomic E-state index is -0.754. The van der Waals surface area contributed by atoms with Crippen LogP contribution in [0.4, 0.5) is 4.39 Å². The third-order valence-electron chi connectivity index (χ3n) is 4.20. The summed E-state index contributed by atoms with van der Waals surface area (Å²) in [4.78, 5) is 31.3. The molecule has 0 aliphatic carbocycles. The van der Waals surface area contributed by atoms with Crippen molar-refractivity contribution in [2.45, 2.75) is 6.42 Å². The molecule has 0 fully saturated rings. The molecule has 4 N–H and O–H groups in total. The molecule has 9 heteroatoms. The van der Waals surface area contributed by atoms with E-state index in [-0.39, 0.29) is 43.2 Å². The number of rotatable bonds is 8. The molecule has 1 amide bonds. The number of hydrogen-bond acceptors (Lipinski definition) is 6. The minimum Gasteiger partial charge on any atom is -0.505 e. The van der Waals surface area contributed by atoms with Gasteiger partial charge in [0.25, 0.3) is 11.5 Å². The van der Waals surface area contributed by atoms with Gasteiger partial charge in [-0.3, -0.25) is 14.6 Å². The van der Waals surface area contributed by atoms with E-state index in [9.17, 15) is 19.1 Å². The van der Waals surface area contributed by atoms with Gasteiger partial charge in [0.05, 0.1) is 25.3 Å². The summed E-state index contributed by atoms with van der Waals surface area (Å²) in [7, 11) is 0. The zero-order valence-corrected chi connectivity index (χ0v) is 15.4. The van der Waals surface area contributed by atoms with E-state index in [4.69, 9.17) is 9.84 Å². The quantitative estimate of drug-likeness (QED) is 0.419. The van der Waals surface area contributed by atoms with Crippen LogP contribution in [0.3, 0.4) is 0 Å². The standard InChI is InChI=1S/C20H20FN3O5/c21-14-3-1-12(2-4-14)9-13-10-15-17(23-11-13)18(26)16(20(28)24-15)19(27)22-5-7-29-8-6-25/h1-4,10-11,25H,5-9H2,(H,22,27)(H2,24,26,28). The molecule has 0 spiro atoms.